The van der Waals surface area contributed by atoms with Crippen molar-refractivity contribution in [3.05, 3.63) is 94.0 Å². The Morgan fingerprint density at radius 3 is 2.13 bits per heavy atom. The third-order valence-corrected chi connectivity index (χ3v) is 7.66. The van der Waals surface area contributed by atoms with Gasteiger partial charge in [-0.05, 0) is 40.5 Å². The van der Waals surface area contributed by atoms with E-state index in [1.807, 2.05) is 24.3 Å². The van der Waals surface area contributed by atoms with Crippen LogP contribution in [0, 0.1) is 11.8 Å². The zero-order valence-corrected chi connectivity index (χ0v) is 17.9. The van der Waals surface area contributed by atoms with Gasteiger partial charge in [0.25, 0.3) is 0 Å². The second-order valence-electron chi connectivity index (χ2n) is 8.69. The molecule has 2 amide bonds. The zero-order valence-electron chi connectivity index (χ0n) is 17.1. The van der Waals surface area contributed by atoms with E-state index in [0.717, 1.165) is 22.3 Å². The van der Waals surface area contributed by atoms with Crippen molar-refractivity contribution in [3.8, 4) is 5.75 Å². The molecule has 3 aliphatic carbocycles. The summed E-state index contributed by atoms with van der Waals surface area (Å²) in [4.78, 5) is 29.1. The lowest BCUT2D eigenvalue weighted by Crippen LogP contribution is -2.51. The number of carbonyl (C=O) groups is 2. The second-order valence-corrected chi connectivity index (χ2v) is 9.12. The first-order chi connectivity index (χ1) is 15.0. The van der Waals surface area contributed by atoms with Crippen molar-refractivity contribution in [2.45, 2.75) is 18.3 Å². The molecule has 31 heavy (non-hydrogen) atoms. The quantitative estimate of drug-likeness (QED) is 0.543. The van der Waals surface area contributed by atoms with Crippen molar-refractivity contribution < 1.29 is 14.3 Å². The fourth-order valence-electron chi connectivity index (χ4n) is 6.23. The number of rotatable bonds is 2. The minimum absolute atomic E-state index is 0.147. The Morgan fingerprint density at radius 1 is 0.903 bits per heavy atom. The summed E-state index contributed by atoms with van der Waals surface area (Å²) < 4.78 is 5.48. The van der Waals surface area contributed by atoms with Gasteiger partial charge in [-0.1, -0.05) is 67.1 Å². The van der Waals surface area contributed by atoms with E-state index >= 15 is 0 Å². The maximum absolute atomic E-state index is 14.0. The summed E-state index contributed by atoms with van der Waals surface area (Å²) in [6.07, 6.45) is 0. The van der Waals surface area contributed by atoms with Crippen LogP contribution in [-0.4, -0.2) is 18.9 Å². The van der Waals surface area contributed by atoms with Crippen molar-refractivity contribution in [3.63, 3.8) is 0 Å². The Kier molecular flexibility index (Phi) is 3.73. The van der Waals surface area contributed by atoms with Crippen LogP contribution < -0.4 is 9.64 Å². The fraction of sp³-hybridized carbons (Fsp3) is 0.231. The minimum atomic E-state index is -0.583. The molecule has 3 aromatic carbocycles. The summed E-state index contributed by atoms with van der Waals surface area (Å²) in [7, 11) is 1.53. The molecule has 0 unspecified atom stereocenters. The first-order valence-corrected chi connectivity index (χ1v) is 10.8. The van der Waals surface area contributed by atoms with Gasteiger partial charge in [-0.3, -0.25) is 9.59 Å². The Labute approximate surface area is 185 Å². The molecule has 2 bridgehead atoms. The molecule has 5 heteroatoms. The SMILES string of the molecule is COc1ccc(Cl)cc1N1C(=O)[C@@H]2C3c4ccccc4C(C)(c4ccccc43)[C@H]2C1=O. The Balaban J connectivity index is 1.62. The number of ether oxygens (including phenoxy) is 1. The number of amides is 2. The first-order valence-electron chi connectivity index (χ1n) is 10.4. The number of halogens is 1. The predicted molar refractivity (Wildman–Crippen MR) is 119 cm³/mol. The highest BCUT2D eigenvalue weighted by Crippen LogP contribution is 2.64. The molecule has 0 spiro atoms. The standard InChI is InChI=1S/C26H20ClNO3/c1-26-17-9-5-3-7-15(17)21(16-8-4-6-10-18(16)26)22-23(26)25(30)28(24(22)29)19-13-14(27)11-12-20(19)31-2/h3-13,21-23H,1-2H3/t21?,22-,23-,26?/m1/s1. The number of imide groups is 1. The minimum Gasteiger partial charge on any atom is -0.495 e. The van der Waals surface area contributed by atoms with Crippen molar-refractivity contribution in [2.75, 3.05) is 12.0 Å². The molecule has 4 aliphatic rings. The molecule has 4 nitrogen and oxygen atoms in total. The molecule has 1 saturated heterocycles. The normalized spacial score (nSPS) is 27.7. The summed E-state index contributed by atoms with van der Waals surface area (Å²) >= 11 is 6.24. The smallest absolute Gasteiger partial charge is 0.239 e. The summed E-state index contributed by atoms with van der Waals surface area (Å²) in [5, 5.41) is 0.451. The molecule has 1 fully saturated rings. The van der Waals surface area contributed by atoms with Crippen LogP contribution in [0.25, 0.3) is 0 Å². The van der Waals surface area contributed by atoms with Gasteiger partial charge >= 0.3 is 0 Å². The first kappa shape index (κ1) is 18.6. The second kappa shape index (κ2) is 6.21. The topological polar surface area (TPSA) is 46.6 Å². The highest BCUT2D eigenvalue weighted by molar-refractivity contribution is 6.31. The molecule has 1 heterocycles. The van der Waals surface area contributed by atoms with Gasteiger partial charge in [-0.25, -0.2) is 4.90 Å². The van der Waals surface area contributed by atoms with Crippen LogP contribution >= 0.6 is 11.6 Å². The highest BCUT2D eigenvalue weighted by atomic mass is 35.5. The number of carbonyl (C=O) groups excluding carboxylic acids is 2. The molecule has 0 aromatic heterocycles. The van der Waals surface area contributed by atoms with Gasteiger partial charge < -0.3 is 4.74 Å². The van der Waals surface area contributed by atoms with Gasteiger partial charge in [0.2, 0.25) is 11.8 Å². The van der Waals surface area contributed by atoms with Crippen LogP contribution in [0.15, 0.2) is 66.7 Å². The number of hydrogen-bond donors (Lipinski definition) is 0. The highest BCUT2D eigenvalue weighted by Gasteiger charge is 2.66. The molecule has 154 valence electrons. The molecule has 0 radical (unpaired) electrons. The van der Waals surface area contributed by atoms with Gasteiger partial charge in [0, 0.05) is 16.4 Å². The third kappa shape index (κ3) is 2.16. The van der Waals surface area contributed by atoms with Crippen LogP contribution in [0.1, 0.15) is 35.1 Å². The average molecular weight is 430 g/mol. The van der Waals surface area contributed by atoms with Gasteiger partial charge in [0.05, 0.1) is 24.6 Å². The lowest BCUT2D eigenvalue weighted by atomic mass is 9.48. The van der Waals surface area contributed by atoms with Gasteiger partial charge in [0.1, 0.15) is 5.75 Å². The van der Waals surface area contributed by atoms with E-state index in [0.29, 0.717) is 16.5 Å². The largest absolute Gasteiger partial charge is 0.495 e. The maximum atomic E-state index is 14.0. The third-order valence-electron chi connectivity index (χ3n) is 7.42. The van der Waals surface area contributed by atoms with Crippen LogP contribution in [0.2, 0.25) is 5.02 Å². The van der Waals surface area contributed by atoms with E-state index in [9.17, 15) is 9.59 Å². The Morgan fingerprint density at radius 2 is 1.52 bits per heavy atom. The van der Waals surface area contributed by atoms with Crippen molar-refractivity contribution in [1.82, 2.24) is 0 Å². The maximum Gasteiger partial charge on any atom is 0.239 e. The van der Waals surface area contributed by atoms with E-state index < -0.39 is 17.3 Å². The molecule has 3 aromatic rings. The fourth-order valence-corrected chi connectivity index (χ4v) is 6.39. The van der Waals surface area contributed by atoms with Crippen LogP contribution in [-0.2, 0) is 15.0 Å². The van der Waals surface area contributed by atoms with E-state index in [1.165, 1.54) is 12.0 Å². The molecule has 0 saturated carbocycles. The summed E-state index contributed by atoms with van der Waals surface area (Å²) in [6.45, 7) is 2.11. The Hall–Kier alpha value is -3.11. The van der Waals surface area contributed by atoms with E-state index in [1.54, 1.807) is 18.2 Å². The molecular weight excluding hydrogens is 410 g/mol. The number of nitrogens with zero attached hydrogens (tertiary/aromatic N) is 1. The lowest BCUT2D eigenvalue weighted by Gasteiger charge is -2.52. The van der Waals surface area contributed by atoms with Crippen molar-refractivity contribution >= 4 is 29.1 Å². The van der Waals surface area contributed by atoms with Crippen LogP contribution in [0.5, 0.6) is 5.75 Å². The summed E-state index contributed by atoms with van der Waals surface area (Å²) in [6, 6.07) is 21.5. The average Bonchev–Trinajstić information content (AvgIpc) is 3.05. The summed E-state index contributed by atoms with van der Waals surface area (Å²) in [5.41, 5.74) is 4.40. The molecule has 0 N–H and O–H groups in total. The van der Waals surface area contributed by atoms with Gasteiger partial charge in [-0.2, -0.15) is 0 Å². The van der Waals surface area contributed by atoms with Gasteiger partial charge in [0.15, 0.2) is 0 Å². The van der Waals surface area contributed by atoms with Crippen molar-refractivity contribution in [2.24, 2.45) is 11.8 Å². The molecular formula is C26H20ClNO3. The zero-order chi connectivity index (χ0) is 21.5. The summed E-state index contributed by atoms with van der Waals surface area (Å²) in [5.74, 6) is -0.990. The number of benzene rings is 3. The van der Waals surface area contributed by atoms with E-state index in [2.05, 4.69) is 31.2 Å². The number of hydrogen-bond acceptors (Lipinski definition) is 3. The van der Waals surface area contributed by atoms with E-state index in [-0.39, 0.29) is 17.7 Å². The number of methoxy groups -OCH3 is 1. The molecule has 7 rings (SSSR count). The molecule has 1 aliphatic heterocycles. The molecule has 2 atom stereocenters. The van der Waals surface area contributed by atoms with Gasteiger partial charge in [-0.15, -0.1) is 0 Å². The Bertz CT molecular complexity index is 1240. The lowest BCUT2D eigenvalue weighted by molar-refractivity contribution is -0.123. The monoisotopic (exact) mass is 429 g/mol. The predicted octanol–water partition coefficient (Wildman–Crippen LogP) is 4.92. The van der Waals surface area contributed by atoms with Crippen molar-refractivity contribution in [1.29, 1.82) is 0 Å². The number of anilines is 1. The van der Waals surface area contributed by atoms with Crippen LogP contribution in [0.4, 0.5) is 5.69 Å². The van der Waals surface area contributed by atoms with E-state index in [4.69, 9.17) is 16.3 Å². The van der Waals surface area contributed by atoms with Crippen LogP contribution in [0.3, 0.4) is 0 Å².